The Bertz CT molecular complexity index is 522. The Labute approximate surface area is 99.0 Å². The highest BCUT2D eigenvalue weighted by atomic mass is 16.5. The van der Waals surface area contributed by atoms with Gasteiger partial charge in [-0.3, -0.25) is 0 Å². The van der Waals surface area contributed by atoms with Crippen LogP contribution in [0.5, 0.6) is 17.2 Å². The Balaban J connectivity index is 2.40. The number of benzene rings is 2. The van der Waals surface area contributed by atoms with E-state index in [9.17, 15) is 10.2 Å². The fraction of sp³-hybridized carbons (Fsp3) is 0.231. The molecule has 2 aromatic carbocycles. The lowest BCUT2D eigenvalue weighted by Crippen LogP contribution is -2.04. The minimum Gasteiger partial charge on any atom is -0.507 e. The van der Waals surface area contributed by atoms with E-state index in [1.807, 2.05) is 0 Å². The van der Waals surface area contributed by atoms with Crippen LogP contribution in [0.25, 0.3) is 10.8 Å². The molecule has 0 aromatic heterocycles. The van der Waals surface area contributed by atoms with Crippen molar-refractivity contribution in [2.24, 2.45) is 0 Å². The van der Waals surface area contributed by atoms with Gasteiger partial charge in [0.15, 0.2) is 11.5 Å². The molecule has 0 radical (unpaired) electrons. The van der Waals surface area contributed by atoms with Gasteiger partial charge >= 0.3 is 0 Å². The molecule has 0 spiro atoms. The van der Waals surface area contributed by atoms with Gasteiger partial charge in [-0.2, -0.15) is 0 Å². The molecule has 2 aromatic rings. The molecule has 0 atom stereocenters. The predicted molar refractivity (Wildman–Crippen MR) is 64.6 cm³/mol. The molecule has 4 heteroatoms. The van der Waals surface area contributed by atoms with E-state index >= 15 is 0 Å². The fourth-order valence-corrected chi connectivity index (χ4v) is 1.66. The summed E-state index contributed by atoms with van der Waals surface area (Å²) in [5.41, 5.74) is 0. The van der Waals surface area contributed by atoms with E-state index in [2.05, 4.69) is 0 Å². The highest BCUT2D eigenvalue weighted by Crippen LogP contribution is 2.39. The number of phenols is 2. The smallest absolute Gasteiger partial charge is 0.165 e. The molecule has 90 valence electrons. The summed E-state index contributed by atoms with van der Waals surface area (Å²) < 4.78 is 10.2. The first-order valence-electron chi connectivity index (χ1n) is 5.29. The second kappa shape index (κ2) is 4.93. The van der Waals surface area contributed by atoms with Crippen LogP contribution in [-0.2, 0) is 4.74 Å². The van der Waals surface area contributed by atoms with Crippen molar-refractivity contribution in [2.45, 2.75) is 0 Å². The van der Waals surface area contributed by atoms with Crippen molar-refractivity contribution in [3.63, 3.8) is 0 Å². The first kappa shape index (κ1) is 11.5. The summed E-state index contributed by atoms with van der Waals surface area (Å²) in [5, 5.41) is 21.0. The molecule has 0 aliphatic heterocycles. The zero-order valence-corrected chi connectivity index (χ0v) is 9.51. The normalized spacial score (nSPS) is 10.6. The summed E-state index contributed by atoms with van der Waals surface area (Å²) in [5.74, 6) is 0.388. The minimum absolute atomic E-state index is 0.0366. The average Bonchev–Trinajstić information content (AvgIpc) is 2.36. The number of fused-ring (bicyclic) bond motifs is 1. The molecule has 0 saturated carbocycles. The van der Waals surface area contributed by atoms with Crippen molar-refractivity contribution in [2.75, 3.05) is 20.3 Å². The number of hydrogen-bond acceptors (Lipinski definition) is 4. The van der Waals surface area contributed by atoms with Gasteiger partial charge < -0.3 is 19.7 Å². The zero-order chi connectivity index (χ0) is 12.3. The predicted octanol–water partition coefficient (Wildman–Crippen LogP) is 2.28. The van der Waals surface area contributed by atoms with E-state index in [0.717, 1.165) is 0 Å². The summed E-state index contributed by atoms with van der Waals surface area (Å²) in [6, 6.07) is 8.47. The molecule has 0 amide bonds. The van der Waals surface area contributed by atoms with Crippen molar-refractivity contribution in [3.8, 4) is 17.2 Å². The van der Waals surface area contributed by atoms with Gasteiger partial charge in [-0.05, 0) is 0 Å². The Morgan fingerprint density at radius 1 is 1.06 bits per heavy atom. The first-order chi connectivity index (χ1) is 8.24. The first-order valence-corrected chi connectivity index (χ1v) is 5.29. The molecular weight excluding hydrogens is 220 g/mol. The standard InChI is InChI=1S/C13H14O4/c1-16-6-7-17-12-8-11(14)9-4-2-3-5-10(9)13(12)15/h2-5,8,14-15H,6-7H2,1H3. The van der Waals surface area contributed by atoms with Gasteiger partial charge in [-0.15, -0.1) is 0 Å². The number of rotatable bonds is 4. The molecule has 4 nitrogen and oxygen atoms in total. The molecule has 2 rings (SSSR count). The van der Waals surface area contributed by atoms with Crippen molar-refractivity contribution < 1.29 is 19.7 Å². The number of phenolic OH excluding ortho intramolecular Hbond substituents is 2. The lowest BCUT2D eigenvalue weighted by Gasteiger charge is -2.11. The van der Waals surface area contributed by atoms with E-state index in [1.165, 1.54) is 6.07 Å². The van der Waals surface area contributed by atoms with Crippen LogP contribution in [0, 0.1) is 0 Å². The van der Waals surface area contributed by atoms with Crippen molar-refractivity contribution >= 4 is 10.8 Å². The van der Waals surface area contributed by atoms with E-state index < -0.39 is 0 Å². The third-order valence-electron chi connectivity index (χ3n) is 2.50. The fourth-order valence-electron chi connectivity index (χ4n) is 1.66. The molecule has 0 aliphatic carbocycles. The van der Waals surface area contributed by atoms with E-state index in [-0.39, 0.29) is 17.2 Å². The molecule has 0 saturated heterocycles. The molecular formula is C13H14O4. The monoisotopic (exact) mass is 234 g/mol. The Morgan fingerprint density at radius 3 is 2.47 bits per heavy atom. The van der Waals surface area contributed by atoms with E-state index in [4.69, 9.17) is 9.47 Å². The van der Waals surface area contributed by atoms with Gasteiger partial charge in [-0.1, -0.05) is 24.3 Å². The lowest BCUT2D eigenvalue weighted by molar-refractivity contribution is 0.144. The van der Waals surface area contributed by atoms with Crippen molar-refractivity contribution in [3.05, 3.63) is 30.3 Å². The second-order valence-corrected chi connectivity index (χ2v) is 3.63. The highest BCUT2D eigenvalue weighted by Gasteiger charge is 2.11. The van der Waals surface area contributed by atoms with Gasteiger partial charge in [-0.25, -0.2) is 0 Å². The summed E-state index contributed by atoms with van der Waals surface area (Å²) in [6.45, 7) is 0.745. The average molecular weight is 234 g/mol. The Morgan fingerprint density at radius 2 is 1.76 bits per heavy atom. The molecule has 0 aliphatic rings. The SMILES string of the molecule is COCCOc1cc(O)c2ccccc2c1O. The Kier molecular flexibility index (Phi) is 3.35. The lowest BCUT2D eigenvalue weighted by atomic mass is 10.1. The minimum atomic E-state index is 0.0366. The zero-order valence-electron chi connectivity index (χ0n) is 9.51. The van der Waals surface area contributed by atoms with Crippen LogP contribution in [-0.4, -0.2) is 30.5 Å². The maximum Gasteiger partial charge on any atom is 0.165 e. The van der Waals surface area contributed by atoms with Crippen LogP contribution in [0.3, 0.4) is 0 Å². The van der Waals surface area contributed by atoms with Gasteiger partial charge in [0.1, 0.15) is 12.4 Å². The van der Waals surface area contributed by atoms with Crippen LogP contribution in [0.1, 0.15) is 0 Å². The van der Waals surface area contributed by atoms with Crippen molar-refractivity contribution in [1.82, 2.24) is 0 Å². The molecule has 2 N–H and O–H groups in total. The molecule has 0 fully saturated rings. The molecule has 17 heavy (non-hydrogen) atoms. The maximum atomic E-state index is 10.00. The number of hydrogen-bond donors (Lipinski definition) is 2. The van der Waals surface area contributed by atoms with Crippen LogP contribution < -0.4 is 4.74 Å². The van der Waals surface area contributed by atoms with Gasteiger partial charge in [0.25, 0.3) is 0 Å². The quantitative estimate of drug-likeness (QED) is 0.629. The Hall–Kier alpha value is -1.94. The number of aromatic hydroxyl groups is 2. The summed E-state index contributed by atoms with van der Waals surface area (Å²) in [7, 11) is 1.57. The second-order valence-electron chi connectivity index (χ2n) is 3.63. The van der Waals surface area contributed by atoms with Crippen LogP contribution in [0.15, 0.2) is 30.3 Å². The van der Waals surface area contributed by atoms with E-state index in [0.29, 0.717) is 24.0 Å². The van der Waals surface area contributed by atoms with Crippen LogP contribution in [0.2, 0.25) is 0 Å². The topological polar surface area (TPSA) is 58.9 Å². The maximum absolute atomic E-state index is 10.00. The molecule has 0 heterocycles. The van der Waals surface area contributed by atoms with Crippen LogP contribution in [0.4, 0.5) is 0 Å². The summed E-state index contributed by atoms with van der Waals surface area (Å²) in [6.07, 6.45) is 0. The van der Waals surface area contributed by atoms with Crippen molar-refractivity contribution in [1.29, 1.82) is 0 Å². The van der Waals surface area contributed by atoms with Gasteiger partial charge in [0.2, 0.25) is 0 Å². The summed E-state index contributed by atoms with van der Waals surface area (Å²) in [4.78, 5) is 0. The molecule has 0 unspecified atom stereocenters. The highest BCUT2D eigenvalue weighted by molar-refractivity contribution is 5.95. The van der Waals surface area contributed by atoms with E-state index in [1.54, 1.807) is 31.4 Å². The third kappa shape index (κ3) is 2.26. The summed E-state index contributed by atoms with van der Waals surface area (Å²) >= 11 is 0. The number of methoxy groups -OCH3 is 1. The van der Waals surface area contributed by atoms with Gasteiger partial charge in [0.05, 0.1) is 6.61 Å². The third-order valence-corrected chi connectivity index (χ3v) is 2.50. The van der Waals surface area contributed by atoms with Gasteiger partial charge in [0, 0.05) is 23.9 Å². The number of ether oxygens (including phenoxy) is 2. The van der Waals surface area contributed by atoms with Crippen LogP contribution >= 0.6 is 0 Å². The largest absolute Gasteiger partial charge is 0.507 e. The molecule has 0 bridgehead atoms.